The first kappa shape index (κ1) is 17.7. The lowest BCUT2D eigenvalue weighted by Gasteiger charge is -2.28. The molecule has 8 heteroatoms. The van der Waals surface area contributed by atoms with Crippen LogP contribution in [0.3, 0.4) is 0 Å². The molecule has 8 nitrogen and oxygen atoms in total. The molecule has 2 heterocycles. The number of nitrogen functional groups attached to an aromatic ring is 1. The number of aromatic nitrogens is 3. The van der Waals surface area contributed by atoms with Gasteiger partial charge in [0.25, 0.3) is 0 Å². The molecule has 0 atom stereocenters. The predicted molar refractivity (Wildman–Crippen MR) is 100 cm³/mol. The van der Waals surface area contributed by atoms with Crippen LogP contribution in [0.25, 0.3) is 0 Å². The Hall–Kier alpha value is -3.08. The average Bonchev–Trinajstić information content (AvgIpc) is 2.67. The summed E-state index contributed by atoms with van der Waals surface area (Å²) in [6.45, 7) is 0. The Kier molecular flexibility index (Phi) is 5.69. The number of pyridine rings is 1. The Bertz CT molecular complexity index is 781. The first-order chi connectivity index (χ1) is 12.7. The third-order valence-corrected chi connectivity index (χ3v) is 4.60. The maximum atomic E-state index is 8.83. The van der Waals surface area contributed by atoms with Crippen molar-refractivity contribution in [2.75, 3.05) is 23.5 Å². The summed E-state index contributed by atoms with van der Waals surface area (Å²) in [6, 6.07) is 6.22. The molecule has 0 spiro atoms. The lowest BCUT2D eigenvalue weighted by Crippen LogP contribution is -2.27. The van der Waals surface area contributed by atoms with Gasteiger partial charge >= 0.3 is 0 Å². The molecule has 1 saturated carbocycles. The minimum Gasteiger partial charge on any atom is -0.480 e. The van der Waals surface area contributed by atoms with Crippen molar-refractivity contribution in [2.24, 2.45) is 5.92 Å². The molecule has 0 radical (unpaired) electrons. The first-order valence-corrected chi connectivity index (χ1v) is 8.71. The number of ether oxygens (including phenoxy) is 1. The van der Waals surface area contributed by atoms with E-state index in [2.05, 4.69) is 31.7 Å². The van der Waals surface area contributed by atoms with Crippen molar-refractivity contribution in [3.05, 3.63) is 24.5 Å². The molecule has 136 valence electrons. The van der Waals surface area contributed by atoms with Gasteiger partial charge in [-0.15, -0.1) is 0 Å². The largest absolute Gasteiger partial charge is 0.480 e. The van der Waals surface area contributed by atoms with Crippen molar-refractivity contribution in [1.29, 1.82) is 5.26 Å². The Morgan fingerprint density at radius 3 is 2.85 bits per heavy atom. The van der Waals surface area contributed by atoms with Crippen LogP contribution in [0.1, 0.15) is 32.1 Å². The minimum atomic E-state index is 0.308. The second kappa shape index (κ2) is 8.34. The van der Waals surface area contributed by atoms with Gasteiger partial charge < -0.3 is 21.1 Å². The maximum Gasteiger partial charge on any atom is 0.237 e. The minimum absolute atomic E-state index is 0.308. The van der Waals surface area contributed by atoms with E-state index in [1.54, 1.807) is 25.6 Å². The molecule has 2 aromatic heterocycles. The molecule has 3 rings (SSSR count). The third-order valence-electron chi connectivity index (χ3n) is 4.60. The molecule has 2 aromatic rings. The van der Waals surface area contributed by atoms with Gasteiger partial charge in [0.2, 0.25) is 11.8 Å². The van der Waals surface area contributed by atoms with Gasteiger partial charge in [-0.1, -0.05) is 0 Å². The highest BCUT2D eigenvalue weighted by molar-refractivity contribution is 5.65. The van der Waals surface area contributed by atoms with Crippen LogP contribution in [0.4, 0.5) is 23.1 Å². The normalized spacial score (nSPS) is 19.4. The molecule has 26 heavy (non-hydrogen) atoms. The van der Waals surface area contributed by atoms with Gasteiger partial charge in [-0.2, -0.15) is 10.2 Å². The standard InChI is InChI=1S/C18H23N7O/c1-26-17-15(3-2-10-21-17)24-18-22-11-14(20)16(25-18)23-13-6-4-12(5-7-13)8-9-19/h2-3,10-13H,4-8,20H2,1H3,(H2,22,23,24,25)/t12-,13-. The summed E-state index contributed by atoms with van der Waals surface area (Å²) in [4.78, 5) is 12.9. The van der Waals surface area contributed by atoms with Crippen molar-refractivity contribution >= 4 is 23.1 Å². The third kappa shape index (κ3) is 4.30. The van der Waals surface area contributed by atoms with Gasteiger partial charge in [0.15, 0.2) is 5.82 Å². The van der Waals surface area contributed by atoms with E-state index in [1.165, 1.54) is 0 Å². The predicted octanol–water partition coefficient (Wildman–Crippen LogP) is 3.09. The number of rotatable bonds is 6. The first-order valence-electron chi connectivity index (χ1n) is 8.71. The Labute approximate surface area is 152 Å². The van der Waals surface area contributed by atoms with Crippen LogP contribution in [0, 0.1) is 17.2 Å². The zero-order chi connectivity index (χ0) is 18.4. The van der Waals surface area contributed by atoms with Crippen LogP contribution in [-0.2, 0) is 0 Å². The molecule has 0 amide bonds. The maximum absolute atomic E-state index is 8.83. The fourth-order valence-electron chi connectivity index (χ4n) is 3.17. The Morgan fingerprint density at radius 2 is 2.12 bits per heavy atom. The number of nitrogens with zero attached hydrogens (tertiary/aromatic N) is 4. The van der Waals surface area contributed by atoms with Crippen molar-refractivity contribution in [3.8, 4) is 11.9 Å². The van der Waals surface area contributed by atoms with Gasteiger partial charge in [0, 0.05) is 18.7 Å². The van der Waals surface area contributed by atoms with Gasteiger partial charge in [-0.25, -0.2) is 9.97 Å². The van der Waals surface area contributed by atoms with Crippen molar-refractivity contribution in [1.82, 2.24) is 15.0 Å². The summed E-state index contributed by atoms with van der Waals surface area (Å²) in [6.07, 6.45) is 8.00. The zero-order valence-corrected chi connectivity index (χ0v) is 14.8. The quantitative estimate of drug-likeness (QED) is 0.724. The van der Waals surface area contributed by atoms with Crippen molar-refractivity contribution < 1.29 is 4.74 Å². The Morgan fingerprint density at radius 1 is 1.31 bits per heavy atom. The molecule has 0 bridgehead atoms. The molecular weight excluding hydrogens is 330 g/mol. The molecule has 0 unspecified atom stereocenters. The van der Waals surface area contributed by atoms with Crippen LogP contribution in [-0.4, -0.2) is 28.1 Å². The van der Waals surface area contributed by atoms with E-state index in [9.17, 15) is 0 Å². The summed E-state index contributed by atoms with van der Waals surface area (Å²) >= 11 is 0. The summed E-state index contributed by atoms with van der Waals surface area (Å²) < 4.78 is 5.23. The van der Waals surface area contributed by atoms with Crippen LogP contribution >= 0.6 is 0 Å². The molecule has 1 fully saturated rings. The average molecular weight is 353 g/mol. The highest BCUT2D eigenvalue weighted by atomic mass is 16.5. The van der Waals surface area contributed by atoms with E-state index in [1.807, 2.05) is 6.07 Å². The molecular formula is C18H23N7O. The number of nitriles is 1. The summed E-state index contributed by atoms with van der Waals surface area (Å²) in [5, 5.41) is 15.4. The second-order valence-corrected chi connectivity index (χ2v) is 6.41. The highest BCUT2D eigenvalue weighted by Gasteiger charge is 2.22. The number of hydrogen-bond acceptors (Lipinski definition) is 8. The molecule has 1 aliphatic rings. The molecule has 0 saturated heterocycles. The van der Waals surface area contributed by atoms with Crippen LogP contribution < -0.4 is 21.1 Å². The van der Waals surface area contributed by atoms with Gasteiger partial charge in [-0.05, 0) is 43.7 Å². The number of hydrogen-bond donors (Lipinski definition) is 3. The monoisotopic (exact) mass is 353 g/mol. The van der Waals surface area contributed by atoms with Crippen LogP contribution in [0.2, 0.25) is 0 Å². The summed E-state index contributed by atoms with van der Waals surface area (Å²) in [5.41, 5.74) is 7.23. The molecule has 0 aromatic carbocycles. The lowest BCUT2D eigenvalue weighted by atomic mass is 9.84. The number of anilines is 4. The lowest BCUT2D eigenvalue weighted by molar-refractivity contribution is 0.342. The van der Waals surface area contributed by atoms with E-state index in [0.717, 1.165) is 25.7 Å². The fourth-order valence-corrected chi connectivity index (χ4v) is 3.17. The molecule has 4 N–H and O–H groups in total. The van der Waals surface area contributed by atoms with Crippen molar-refractivity contribution in [3.63, 3.8) is 0 Å². The number of nitrogens with two attached hydrogens (primary N) is 1. The highest BCUT2D eigenvalue weighted by Crippen LogP contribution is 2.30. The van der Waals surface area contributed by atoms with E-state index >= 15 is 0 Å². The van der Waals surface area contributed by atoms with E-state index < -0.39 is 0 Å². The topological polar surface area (TPSA) is 122 Å². The van der Waals surface area contributed by atoms with Crippen molar-refractivity contribution in [2.45, 2.75) is 38.1 Å². The van der Waals surface area contributed by atoms with Gasteiger partial charge in [-0.3, -0.25) is 0 Å². The zero-order valence-electron chi connectivity index (χ0n) is 14.8. The van der Waals surface area contributed by atoms with Crippen LogP contribution in [0.15, 0.2) is 24.5 Å². The second-order valence-electron chi connectivity index (χ2n) is 6.41. The van der Waals surface area contributed by atoms with Gasteiger partial charge in [0.05, 0.1) is 25.1 Å². The van der Waals surface area contributed by atoms with Crippen LogP contribution in [0.5, 0.6) is 5.88 Å². The summed E-state index contributed by atoms with van der Waals surface area (Å²) in [7, 11) is 1.56. The van der Waals surface area contributed by atoms with E-state index in [0.29, 0.717) is 47.4 Å². The smallest absolute Gasteiger partial charge is 0.237 e. The van der Waals surface area contributed by atoms with E-state index in [4.69, 9.17) is 15.7 Å². The number of nitrogens with one attached hydrogen (secondary N) is 2. The van der Waals surface area contributed by atoms with E-state index in [-0.39, 0.29) is 0 Å². The SMILES string of the molecule is COc1ncccc1Nc1ncc(N)c(N[C@H]2CC[C@H](CC#N)CC2)n1. The fraction of sp³-hybridized carbons (Fsp3) is 0.444. The van der Waals surface area contributed by atoms with Gasteiger partial charge in [0.1, 0.15) is 5.69 Å². The number of methoxy groups -OCH3 is 1. The summed E-state index contributed by atoms with van der Waals surface area (Å²) in [5.74, 6) is 2.02. The molecule has 0 aliphatic heterocycles. The molecule has 1 aliphatic carbocycles. The Balaban J connectivity index is 1.67.